The Morgan fingerprint density at radius 1 is 1.38 bits per heavy atom. The van der Waals surface area contributed by atoms with Gasteiger partial charge in [-0.1, -0.05) is 6.42 Å². The van der Waals surface area contributed by atoms with Crippen LogP contribution in [0.25, 0.3) is 0 Å². The van der Waals surface area contributed by atoms with Crippen molar-refractivity contribution in [2.24, 2.45) is 5.92 Å². The summed E-state index contributed by atoms with van der Waals surface area (Å²) in [7, 11) is 1.56. The molecule has 13 heavy (non-hydrogen) atoms. The lowest BCUT2D eigenvalue weighted by Crippen LogP contribution is -2.46. The molecule has 0 heterocycles. The standard InChI is InChI=1S/C9H16N2O2/c1-6(8(12)10-2)11-9(13)7-4-3-5-7/h6-7H,3-5H2,1-2H3,(H,10,12)(H,11,13)/t6-/m1/s1. The first-order valence-electron chi connectivity index (χ1n) is 4.67. The van der Waals surface area contributed by atoms with Crippen LogP contribution in [0.4, 0.5) is 0 Å². The summed E-state index contributed by atoms with van der Waals surface area (Å²) in [6, 6.07) is -0.418. The highest BCUT2D eigenvalue weighted by Crippen LogP contribution is 2.26. The summed E-state index contributed by atoms with van der Waals surface area (Å²) in [5.41, 5.74) is 0. The van der Waals surface area contributed by atoms with E-state index in [9.17, 15) is 9.59 Å². The van der Waals surface area contributed by atoms with Gasteiger partial charge in [0.05, 0.1) is 0 Å². The minimum absolute atomic E-state index is 0.0161. The molecule has 2 amide bonds. The van der Waals surface area contributed by atoms with E-state index in [2.05, 4.69) is 10.6 Å². The maximum Gasteiger partial charge on any atom is 0.242 e. The number of hydrogen-bond donors (Lipinski definition) is 2. The van der Waals surface area contributed by atoms with Gasteiger partial charge >= 0.3 is 0 Å². The van der Waals surface area contributed by atoms with E-state index in [1.807, 2.05) is 0 Å². The van der Waals surface area contributed by atoms with Crippen LogP contribution < -0.4 is 10.6 Å². The quantitative estimate of drug-likeness (QED) is 0.650. The molecular formula is C9H16N2O2. The first-order chi connectivity index (χ1) is 6.15. The molecule has 1 rings (SSSR count). The molecule has 0 unspecified atom stereocenters. The van der Waals surface area contributed by atoms with Crippen LogP contribution >= 0.6 is 0 Å². The van der Waals surface area contributed by atoms with Gasteiger partial charge in [0.25, 0.3) is 0 Å². The highest BCUT2D eigenvalue weighted by atomic mass is 16.2. The summed E-state index contributed by atoms with van der Waals surface area (Å²) < 4.78 is 0. The molecule has 0 aromatic rings. The Labute approximate surface area is 78.1 Å². The first kappa shape index (κ1) is 10.0. The lowest BCUT2D eigenvalue weighted by molar-refractivity contribution is -0.132. The first-order valence-corrected chi connectivity index (χ1v) is 4.67. The number of hydrogen-bond acceptors (Lipinski definition) is 2. The molecule has 4 nitrogen and oxygen atoms in total. The predicted molar refractivity (Wildman–Crippen MR) is 49.0 cm³/mol. The van der Waals surface area contributed by atoms with Crippen LogP contribution in [0.5, 0.6) is 0 Å². The van der Waals surface area contributed by atoms with Gasteiger partial charge in [-0.25, -0.2) is 0 Å². The van der Waals surface area contributed by atoms with Gasteiger partial charge in [-0.2, -0.15) is 0 Å². The van der Waals surface area contributed by atoms with Crippen LogP contribution in [-0.2, 0) is 9.59 Å². The number of carbonyl (C=O) groups excluding carboxylic acids is 2. The summed E-state index contributed by atoms with van der Waals surface area (Å²) in [4.78, 5) is 22.4. The fraction of sp³-hybridized carbons (Fsp3) is 0.778. The molecule has 0 aromatic carbocycles. The van der Waals surface area contributed by atoms with Crippen molar-refractivity contribution in [3.05, 3.63) is 0 Å². The van der Waals surface area contributed by atoms with E-state index >= 15 is 0 Å². The Kier molecular flexibility index (Phi) is 3.28. The molecule has 1 aliphatic rings. The molecule has 2 N–H and O–H groups in total. The third-order valence-corrected chi connectivity index (χ3v) is 2.47. The van der Waals surface area contributed by atoms with E-state index < -0.39 is 6.04 Å². The van der Waals surface area contributed by atoms with Gasteiger partial charge in [-0.3, -0.25) is 9.59 Å². The summed E-state index contributed by atoms with van der Waals surface area (Å²) in [5.74, 6) is 0.0159. The number of amides is 2. The molecule has 1 aliphatic carbocycles. The fourth-order valence-corrected chi connectivity index (χ4v) is 1.28. The molecule has 0 radical (unpaired) electrons. The molecule has 0 saturated heterocycles. The summed E-state index contributed by atoms with van der Waals surface area (Å²) in [6.45, 7) is 1.69. The van der Waals surface area contributed by atoms with Gasteiger partial charge in [0.1, 0.15) is 6.04 Å². The van der Waals surface area contributed by atoms with Gasteiger partial charge in [0, 0.05) is 13.0 Å². The van der Waals surface area contributed by atoms with Gasteiger partial charge in [0.2, 0.25) is 11.8 Å². The third-order valence-electron chi connectivity index (χ3n) is 2.47. The van der Waals surface area contributed by atoms with E-state index in [0.29, 0.717) is 0 Å². The van der Waals surface area contributed by atoms with Gasteiger partial charge < -0.3 is 10.6 Å². The second-order valence-corrected chi connectivity index (χ2v) is 3.47. The van der Waals surface area contributed by atoms with Crippen molar-refractivity contribution in [2.45, 2.75) is 32.2 Å². The summed E-state index contributed by atoms with van der Waals surface area (Å²) >= 11 is 0. The van der Waals surface area contributed by atoms with Crippen LogP contribution in [-0.4, -0.2) is 24.9 Å². The van der Waals surface area contributed by atoms with Crippen molar-refractivity contribution in [1.82, 2.24) is 10.6 Å². The number of nitrogens with one attached hydrogen (secondary N) is 2. The van der Waals surface area contributed by atoms with Crippen LogP contribution in [0.15, 0.2) is 0 Å². The second kappa shape index (κ2) is 4.25. The van der Waals surface area contributed by atoms with E-state index in [1.54, 1.807) is 14.0 Å². The van der Waals surface area contributed by atoms with E-state index in [-0.39, 0.29) is 17.7 Å². The Morgan fingerprint density at radius 3 is 2.38 bits per heavy atom. The molecule has 0 aliphatic heterocycles. The van der Waals surface area contributed by atoms with E-state index in [4.69, 9.17) is 0 Å². The lowest BCUT2D eigenvalue weighted by atomic mass is 9.84. The molecule has 0 spiro atoms. The minimum Gasteiger partial charge on any atom is -0.357 e. The largest absolute Gasteiger partial charge is 0.357 e. The van der Waals surface area contributed by atoms with Crippen LogP contribution in [0.1, 0.15) is 26.2 Å². The topological polar surface area (TPSA) is 58.2 Å². The van der Waals surface area contributed by atoms with Crippen LogP contribution in [0, 0.1) is 5.92 Å². The second-order valence-electron chi connectivity index (χ2n) is 3.47. The Balaban J connectivity index is 2.30. The maximum atomic E-state index is 11.4. The smallest absolute Gasteiger partial charge is 0.242 e. The number of rotatable bonds is 3. The van der Waals surface area contributed by atoms with Gasteiger partial charge in [0.15, 0.2) is 0 Å². The molecule has 74 valence electrons. The molecular weight excluding hydrogens is 168 g/mol. The SMILES string of the molecule is CNC(=O)[C@@H](C)NC(=O)C1CCC1. The maximum absolute atomic E-state index is 11.4. The average molecular weight is 184 g/mol. The highest BCUT2D eigenvalue weighted by Gasteiger charge is 2.27. The molecule has 4 heteroatoms. The Hall–Kier alpha value is -1.06. The monoisotopic (exact) mass is 184 g/mol. The zero-order chi connectivity index (χ0) is 9.84. The van der Waals surface area contributed by atoms with E-state index in [1.165, 1.54) is 0 Å². The predicted octanol–water partition coefficient (Wildman–Crippen LogP) is 0.0372. The Morgan fingerprint density at radius 2 is 2.00 bits per heavy atom. The van der Waals surface area contributed by atoms with E-state index in [0.717, 1.165) is 19.3 Å². The summed E-state index contributed by atoms with van der Waals surface area (Å²) in [5, 5.41) is 5.17. The third kappa shape index (κ3) is 2.44. The summed E-state index contributed by atoms with van der Waals surface area (Å²) in [6.07, 6.45) is 3.06. The molecule has 0 bridgehead atoms. The normalized spacial score (nSPS) is 18.6. The zero-order valence-corrected chi connectivity index (χ0v) is 8.09. The minimum atomic E-state index is -0.418. The van der Waals surface area contributed by atoms with Crippen LogP contribution in [0.3, 0.4) is 0 Å². The average Bonchev–Trinajstić information content (AvgIpc) is 1.99. The van der Waals surface area contributed by atoms with Crippen molar-refractivity contribution < 1.29 is 9.59 Å². The van der Waals surface area contributed by atoms with Crippen molar-refractivity contribution >= 4 is 11.8 Å². The molecule has 1 atom stereocenters. The molecule has 1 fully saturated rings. The fourth-order valence-electron chi connectivity index (χ4n) is 1.28. The van der Waals surface area contributed by atoms with Crippen molar-refractivity contribution in [3.8, 4) is 0 Å². The zero-order valence-electron chi connectivity index (χ0n) is 8.09. The van der Waals surface area contributed by atoms with Gasteiger partial charge in [-0.15, -0.1) is 0 Å². The number of likely N-dealkylation sites (N-methyl/N-ethyl adjacent to an activating group) is 1. The van der Waals surface area contributed by atoms with Crippen molar-refractivity contribution in [3.63, 3.8) is 0 Å². The lowest BCUT2D eigenvalue weighted by Gasteiger charge is -2.25. The Bertz CT molecular complexity index is 212. The van der Waals surface area contributed by atoms with Crippen molar-refractivity contribution in [2.75, 3.05) is 7.05 Å². The molecule has 0 aromatic heterocycles. The van der Waals surface area contributed by atoms with Crippen LogP contribution in [0.2, 0.25) is 0 Å². The van der Waals surface area contributed by atoms with Crippen molar-refractivity contribution in [1.29, 1.82) is 0 Å². The number of carbonyl (C=O) groups is 2. The highest BCUT2D eigenvalue weighted by molar-refractivity contribution is 5.88. The molecule has 1 saturated carbocycles. The van der Waals surface area contributed by atoms with Gasteiger partial charge in [-0.05, 0) is 19.8 Å².